The van der Waals surface area contributed by atoms with E-state index in [4.69, 9.17) is 21.7 Å². The van der Waals surface area contributed by atoms with Crippen molar-refractivity contribution in [2.75, 3.05) is 23.8 Å². The Morgan fingerprint density at radius 2 is 2.02 bits per heavy atom. The SMILES string of the molecule is C#CCON=C(C(=O)N[C@@H]1C(=O)N2C(OC(=O)O)=C(CSc3nc(C(=O)O)c(-c4ccc(O)c(O)c4)s3)CS[C@@H]12)c1csc(N)n1. The van der Waals surface area contributed by atoms with Crippen LogP contribution < -0.4 is 11.1 Å². The fraction of sp³-hybridized carbons (Fsp3) is 0.192. The highest BCUT2D eigenvalue weighted by Gasteiger charge is 2.54. The lowest BCUT2D eigenvalue weighted by atomic mass is 10.1. The van der Waals surface area contributed by atoms with Crippen LogP contribution in [0.4, 0.5) is 9.93 Å². The molecule has 1 fully saturated rings. The highest BCUT2D eigenvalue weighted by Crippen LogP contribution is 2.43. The Labute approximate surface area is 274 Å². The number of aromatic carboxylic acids is 1. The number of thiazole rings is 2. The Morgan fingerprint density at radius 3 is 2.67 bits per heavy atom. The van der Waals surface area contributed by atoms with Crippen LogP contribution in [-0.2, 0) is 19.2 Å². The number of ether oxygens (including phenoxy) is 1. The van der Waals surface area contributed by atoms with E-state index in [-0.39, 0.29) is 56.9 Å². The van der Waals surface area contributed by atoms with Crippen molar-refractivity contribution in [3.8, 4) is 34.3 Å². The Hall–Kier alpha value is -4.97. The predicted octanol–water partition coefficient (Wildman–Crippen LogP) is 2.41. The Kier molecular flexibility index (Phi) is 9.57. The highest BCUT2D eigenvalue weighted by molar-refractivity contribution is 8.02. The molecule has 0 saturated carbocycles. The van der Waals surface area contributed by atoms with Crippen LogP contribution >= 0.6 is 46.2 Å². The molecule has 0 unspecified atom stereocenters. The number of carbonyl (C=O) groups is 4. The van der Waals surface area contributed by atoms with Gasteiger partial charge in [0.15, 0.2) is 39.0 Å². The van der Waals surface area contributed by atoms with E-state index in [1.54, 1.807) is 0 Å². The summed E-state index contributed by atoms with van der Waals surface area (Å²) >= 11 is 4.39. The zero-order valence-electron chi connectivity index (χ0n) is 22.9. The van der Waals surface area contributed by atoms with Crippen molar-refractivity contribution in [3.63, 3.8) is 0 Å². The smallest absolute Gasteiger partial charge is 0.504 e. The Bertz CT molecular complexity index is 1850. The molecule has 20 heteroatoms. The molecule has 2 aliphatic heterocycles. The molecule has 0 spiro atoms. The summed E-state index contributed by atoms with van der Waals surface area (Å²) in [6.07, 6.45) is 3.50. The van der Waals surface area contributed by atoms with E-state index < -0.39 is 41.1 Å². The number of nitrogens with one attached hydrogen (secondary N) is 1. The maximum Gasteiger partial charge on any atom is 0.512 e. The minimum atomic E-state index is -1.67. The second-order valence-corrected chi connectivity index (χ2v) is 13.3. The number of benzene rings is 1. The number of aromatic hydroxyl groups is 2. The lowest BCUT2D eigenvalue weighted by molar-refractivity contribution is -0.148. The average Bonchev–Trinajstić information content (AvgIpc) is 3.64. The second-order valence-electron chi connectivity index (χ2n) is 9.08. The maximum absolute atomic E-state index is 13.2. The topological polar surface area (TPSA) is 247 Å². The van der Waals surface area contributed by atoms with Gasteiger partial charge in [-0.2, -0.15) is 0 Å². The number of β-lactam (4-membered cyclic amide) rings is 1. The van der Waals surface area contributed by atoms with Crippen molar-refractivity contribution in [2.24, 2.45) is 5.16 Å². The maximum atomic E-state index is 13.2. The largest absolute Gasteiger partial charge is 0.512 e. The standard InChI is InChI=1S/C26H20N6O10S4/c1-2-5-41-31-15(12-9-44-24(27)28-12)19(35)29-17-20(36)32-21(42-26(39)40)11(7-43-22(17)32)8-45-25-30-16(23(37)38)18(46-25)10-3-4-13(33)14(34)6-10/h1,3-4,6,9,17,22,33-34H,5,7-8H2,(H2,27,28)(H,29,35)(H,37,38)(H,39,40)/t17-,22+/m1/s1. The van der Waals surface area contributed by atoms with Crippen LogP contribution in [0.5, 0.6) is 11.5 Å². The van der Waals surface area contributed by atoms with Crippen LogP contribution in [0.15, 0.2) is 44.5 Å². The number of fused-ring (bicyclic) bond motifs is 1. The van der Waals surface area contributed by atoms with Gasteiger partial charge in [-0.05, 0) is 23.8 Å². The number of oxime groups is 1. The first-order chi connectivity index (χ1) is 22.0. The van der Waals surface area contributed by atoms with Crippen LogP contribution in [0.25, 0.3) is 10.4 Å². The molecule has 4 heterocycles. The van der Waals surface area contributed by atoms with Gasteiger partial charge in [0, 0.05) is 22.5 Å². The molecule has 2 atom stereocenters. The molecule has 16 nitrogen and oxygen atoms in total. The number of amides is 2. The van der Waals surface area contributed by atoms with Gasteiger partial charge in [0.2, 0.25) is 5.88 Å². The van der Waals surface area contributed by atoms with Gasteiger partial charge in [0.1, 0.15) is 17.1 Å². The molecule has 0 radical (unpaired) electrons. The number of thioether (sulfide) groups is 2. The van der Waals surface area contributed by atoms with E-state index in [0.29, 0.717) is 15.5 Å². The zero-order chi connectivity index (χ0) is 33.1. The van der Waals surface area contributed by atoms with E-state index in [2.05, 4.69) is 26.4 Å². The number of hydrogen-bond donors (Lipinski definition) is 6. The summed E-state index contributed by atoms with van der Waals surface area (Å²) in [5.74, 6) is -1.33. The zero-order valence-corrected chi connectivity index (χ0v) is 26.2. The molecule has 2 amide bonds. The minimum Gasteiger partial charge on any atom is -0.504 e. The number of nitrogen functional groups attached to an aromatic ring is 1. The summed E-state index contributed by atoms with van der Waals surface area (Å²) in [4.78, 5) is 64.3. The molecule has 2 aromatic heterocycles. The number of anilines is 1. The number of carboxylic acid groups (broad SMARTS) is 2. The van der Waals surface area contributed by atoms with Crippen molar-refractivity contribution in [1.29, 1.82) is 0 Å². The summed E-state index contributed by atoms with van der Waals surface area (Å²) in [7, 11) is 0. The number of phenolic OH excluding ortho intramolecular Hbond substituents is 2. The van der Waals surface area contributed by atoms with Crippen LogP contribution in [-0.4, -0.2) is 94.5 Å². The Morgan fingerprint density at radius 1 is 1.24 bits per heavy atom. The van der Waals surface area contributed by atoms with Gasteiger partial charge in [-0.1, -0.05) is 22.8 Å². The average molecular weight is 705 g/mol. The van der Waals surface area contributed by atoms with Gasteiger partial charge in [0.25, 0.3) is 11.8 Å². The fourth-order valence-corrected chi connectivity index (χ4v) is 8.30. The molecular formula is C26H20N6O10S4. The highest BCUT2D eigenvalue weighted by atomic mass is 32.2. The van der Waals surface area contributed by atoms with Gasteiger partial charge >= 0.3 is 12.1 Å². The molecule has 0 bridgehead atoms. The van der Waals surface area contributed by atoms with Crippen LogP contribution in [0.3, 0.4) is 0 Å². The number of carbonyl (C=O) groups excluding carboxylic acids is 2. The molecule has 7 N–H and O–H groups in total. The molecule has 0 aliphatic carbocycles. The number of nitrogens with two attached hydrogens (primary N) is 1. The van der Waals surface area contributed by atoms with Crippen molar-refractivity contribution in [1.82, 2.24) is 20.2 Å². The summed E-state index contributed by atoms with van der Waals surface area (Å²) < 4.78 is 5.31. The first-order valence-electron chi connectivity index (χ1n) is 12.6. The third kappa shape index (κ3) is 6.66. The molecule has 238 valence electrons. The van der Waals surface area contributed by atoms with Gasteiger partial charge in [-0.15, -0.1) is 40.9 Å². The van der Waals surface area contributed by atoms with E-state index >= 15 is 0 Å². The summed E-state index contributed by atoms with van der Waals surface area (Å²) in [5.41, 5.74) is 5.95. The van der Waals surface area contributed by atoms with Crippen molar-refractivity contribution >= 4 is 81.0 Å². The summed E-state index contributed by atoms with van der Waals surface area (Å²) in [6, 6.07) is 2.78. The van der Waals surface area contributed by atoms with Crippen LogP contribution in [0.1, 0.15) is 16.2 Å². The van der Waals surface area contributed by atoms with E-state index in [1.807, 2.05) is 0 Å². The van der Waals surface area contributed by atoms with Crippen molar-refractivity contribution in [3.05, 3.63) is 46.4 Å². The number of carboxylic acids is 1. The predicted molar refractivity (Wildman–Crippen MR) is 168 cm³/mol. The van der Waals surface area contributed by atoms with Crippen LogP contribution in [0.2, 0.25) is 0 Å². The first kappa shape index (κ1) is 32.4. The first-order valence-corrected chi connectivity index (χ1v) is 16.3. The lowest BCUT2D eigenvalue weighted by Crippen LogP contribution is -2.70. The normalized spacial score (nSPS) is 17.5. The quantitative estimate of drug-likeness (QED) is 0.0245. The van der Waals surface area contributed by atoms with Gasteiger partial charge < -0.3 is 41.1 Å². The van der Waals surface area contributed by atoms with Crippen molar-refractivity contribution in [2.45, 2.75) is 15.8 Å². The monoisotopic (exact) mass is 704 g/mol. The Balaban J connectivity index is 1.34. The van der Waals surface area contributed by atoms with Crippen molar-refractivity contribution < 1.29 is 49.2 Å². The number of hydrogen-bond acceptors (Lipinski definition) is 16. The lowest BCUT2D eigenvalue weighted by Gasteiger charge is -2.49. The van der Waals surface area contributed by atoms with Gasteiger partial charge in [0.05, 0.1) is 4.88 Å². The van der Waals surface area contributed by atoms with Crippen LogP contribution in [0, 0.1) is 12.3 Å². The second kappa shape index (κ2) is 13.6. The third-order valence-corrected chi connectivity index (χ3v) is 10.5. The van der Waals surface area contributed by atoms with E-state index in [9.17, 15) is 39.6 Å². The number of aromatic nitrogens is 2. The molecule has 46 heavy (non-hydrogen) atoms. The molecule has 3 aromatic rings. The van der Waals surface area contributed by atoms with Gasteiger partial charge in [-0.3, -0.25) is 14.5 Å². The van der Waals surface area contributed by atoms with E-state index in [1.165, 1.54) is 35.3 Å². The number of terminal acetylenes is 1. The summed E-state index contributed by atoms with van der Waals surface area (Å²) in [6.45, 7) is -0.229. The number of nitrogens with zero attached hydrogens (tertiary/aromatic N) is 4. The number of phenols is 2. The summed E-state index contributed by atoms with van der Waals surface area (Å²) in [5, 5.41) is 45.8. The third-order valence-electron chi connectivity index (χ3n) is 6.16. The van der Waals surface area contributed by atoms with Gasteiger partial charge in [-0.25, -0.2) is 19.6 Å². The molecule has 2 aliphatic rings. The fourth-order valence-electron chi connectivity index (χ4n) is 4.17. The van der Waals surface area contributed by atoms with E-state index in [0.717, 1.165) is 39.3 Å². The molecule has 5 rings (SSSR count). The molecular weight excluding hydrogens is 685 g/mol. The minimum absolute atomic E-state index is 0.0740. The molecule has 1 saturated heterocycles. The molecule has 1 aromatic carbocycles. The number of rotatable bonds is 11.